The van der Waals surface area contributed by atoms with E-state index in [1.165, 1.54) is 24.5 Å². The Hall–Kier alpha value is -1.43. The molecule has 1 N–H and O–H groups in total. The van der Waals surface area contributed by atoms with Crippen LogP contribution >= 0.6 is 27.3 Å². The third-order valence-electron chi connectivity index (χ3n) is 3.38. The van der Waals surface area contributed by atoms with Crippen LogP contribution in [0.25, 0.3) is 10.1 Å². The molecule has 0 fully saturated rings. The van der Waals surface area contributed by atoms with Crippen molar-refractivity contribution in [3.05, 3.63) is 63.2 Å². The molecule has 108 valence electrons. The maximum absolute atomic E-state index is 14.1. The Bertz CT molecular complexity index is 800. The normalized spacial score (nSPS) is 12.6. The Morgan fingerprint density at radius 3 is 2.76 bits per heavy atom. The minimum absolute atomic E-state index is 0.246. The number of hydrogen-bond acceptors (Lipinski definition) is 3. The largest absolute Gasteiger partial charge is 0.497 e. The molecule has 3 rings (SSSR count). The van der Waals surface area contributed by atoms with Crippen LogP contribution in [0.1, 0.15) is 17.2 Å². The molecule has 5 heteroatoms. The number of thiophene rings is 1. The van der Waals surface area contributed by atoms with Crippen molar-refractivity contribution in [2.24, 2.45) is 0 Å². The monoisotopic (exact) mass is 366 g/mol. The van der Waals surface area contributed by atoms with Crippen molar-refractivity contribution in [1.82, 2.24) is 0 Å². The van der Waals surface area contributed by atoms with Crippen molar-refractivity contribution in [2.75, 3.05) is 7.11 Å². The minimum atomic E-state index is -1.00. The molecule has 0 aliphatic carbocycles. The highest BCUT2D eigenvalue weighted by Gasteiger charge is 2.19. The molecular weight excluding hydrogens is 355 g/mol. The SMILES string of the molecule is COc1ccc(C(O)c2csc3c(Br)cccc23)c(F)c1. The van der Waals surface area contributed by atoms with Crippen molar-refractivity contribution < 1.29 is 14.2 Å². The standard InChI is InChI=1S/C16H12BrFO2S/c1-20-9-5-6-11(14(18)7-9)15(19)12-8-21-16-10(12)3-2-4-13(16)17/h2-8,15,19H,1H3. The molecule has 0 amide bonds. The maximum atomic E-state index is 14.1. The van der Waals surface area contributed by atoms with E-state index in [2.05, 4.69) is 15.9 Å². The van der Waals surface area contributed by atoms with E-state index < -0.39 is 11.9 Å². The van der Waals surface area contributed by atoms with E-state index in [0.717, 1.165) is 14.6 Å². The summed E-state index contributed by atoms with van der Waals surface area (Å²) in [6.07, 6.45) is -1.00. The number of aliphatic hydroxyl groups excluding tert-OH is 1. The average molecular weight is 367 g/mol. The molecule has 1 atom stereocenters. The summed E-state index contributed by atoms with van der Waals surface area (Å²) in [4.78, 5) is 0. The van der Waals surface area contributed by atoms with Gasteiger partial charge in [0, 0.05) is 26.4 Å². The molecule has 0 aliphatic rings. The van der Waals surface area contributed by atoms with Gasteiger partial charge in [-0.15, -0.1) is 11.3 Å². The van der Waals surface area contributed by atoms with Crippen molar-refractivity contribution in [2.45, 2.75) is 6.10 Å². The van der Waals surface area contributed by atoms with Gasteiger partial charge in [0.15, 0.2) is 0 Å². The molecule has 1 unspecified atom stereocenters. The zero-order valence-corrected chi connectivity index (χ0v) is 13.5. The van der Waals surface area contributed by atoms with Gasteiger partial charge in [0.25, 0.3) is 0 Å². The molecule has 1 aromatic heterocycles. The van der Waals surface area contributed by atoms with Crippen LogP contribution in [-0.2, 0) is 0 Å². The first-order chi connectivity index (χ1) is 10.1. The topological polar surface area (TPSA) is 29.5 Å². The van der Waals surface area contributed by atoms with Crippen LogP contribution in [0.4, 0.5) is 4.39 Å². The number of halogens is 2. The molecular formula is C16H12BrFO2S. The lowest BCUT2D eigenvalue weighted by atomic mass is 10.0. The minimum Gasteiger partial charge on any atom is -0.497 e. The predicted molar refractivity (Wildman–Crippen MR) is 86.5 cm³/mol. The second-order valence-electron chi connectivity index (χ2n) is 4.60. The van der Waals surface area contributed by atoms with E-state index in [1.807, 2.05) is 23.6 Å². The van der Waals surface area contributed by atoms with Crippen LogP contribution in [0, 0.1) is 5.82 Å². The number of aliphatic hydroxyl groups is 1. The van der Waals surface area contributed by atoms with Crippen molar-refractivity contribution in [3.8, 4) is 5.75 Å². The molecule has 2 aromatic carbocycles. The van der Waals surface area contributed by atoms with Gasteiger partial charge in [-0.1, -0.05) is 12.1 Å². The van der Waals surface area contributed by atoms with Gasteiger partial charge in [0.05, 0.1) is 7.11 Å². The van der Waals surface area contributed by atoms with Crippen LogP contribution in [0.2, 0.25) is 0 Å². The number of benzene rings is 2. The molecule has 0 saturated heterocycles. The molecule has 0 radical (unpaired) electrons. The number of hydrogen-bond donors (Lipinski definition) is 1. The lowest BCUT2D eigenvalue weighted by molar-refractivity contribution is 0.216. The maximum Gasteiger partial charge on any atom is 0.133 e. The van der Waals surface area contributed by atoms with Gasteiger partial charge in [-0.25, -0.2) is 4.39 Å². The smallest absolute Gasteiger partial charge is 0.133 e. The first kappa shape index (κ1) is 14.5. The fourth-order valence-electron chi connectivity index (χ4n) is 2.28. The zero-order valence-electron chi connectivity index (χ0n) is 11.1. The summed E-state index contributed by atoms with van der Waals surface area (Å²) in [6.45, 7) is 0. The molecule has 3 aromatic rings. The molecule has 2 nitrogen and oxygen atoms in total. The van der Waals surface area contributed by atoms with Gasteiger partial charge in [-0.05, 0) is 44.9 Å². The first-order valence-corrected chi connectivity index (χ1v) is 7.96. The van der Waals surface area contributed by atoms with Crippen LogP contribution in [0.5, 0.6) is 5.75 Å². The second-order valence-corrected chi connectivity index (χ2v) is 6.33. The summed E-state index contributed by atoms with van der Waals surface area (Å²) in [7, 11) is 1.48. The van der Waals surface area contributed by atoms with Crippen molar-refractivity contribution in [1.29, 1.82) is 0 Å². The molecule has 0 aliphatic heterocycles. The van der Waals surface area contributed by atoms with Crippen molar-refractivity contribution in [3.63, 3.8) is 0 Å². The van der Waals surface area contributed by atoms with Gasteiger partial charge in [0.2, 0.25) is 0 Å². The summed E-state index contributed by atoms with van der Waals surface area (Å²) in [5, 5.41) is 13.3. The molecule has 1 heterocycles. The van der Waals surface area contributed by atoms with Gasteiger partial charge < -0.3 is 9.84 Å². The van der Waals surface area contributed by atoms with Crippen LogP contribution in [0.15, 0.2) is 46.3 Å². The van der Waals surface area contributed by atoms with E-state index >= 15 is 0 Å². The molecule has 0 spiro atoms. The molecule has 0 saturated carbocycles. The van der Waals surface area contributed by atoms with Crippen LogP contribution in [-0.4, -0.2) is 12.2 Å². The summed E-state index contributed by atoms with van der Waals surface area (Å²) < 4.78 is 21.1. The van der Waals surface area contributed by atoms with Gasteiger partial charge >= 0.3 is 0 Å². The second kappa shape index (κ2) is 5.75. The van der Waals surface area contributed by atoms with Crippen molar-refractivity contribution >= 4 is 37.4 Å². The molecule has 0 bridgehead atoms. The number of rotatable bonds is 3. The van der Waals surface area contributed by atoms with E-state index in [-0.39, 0.29) is 5.56 Å². The average Bonchev–Trinajstić information content (AvgIpc) is 2.92. The van der Waals surface area contributed by atoms with E-state index in [0.29, 0.717) is 11.3 Å². The van der Waals surface area contributed by atoms with Gasteiger partial charge in [-0.2, -0.15) is 0 Å². The number of fused-ring (bicyclic) bond motifs is 1. The van der Waals surface area contributed by atoms with E-state index in [4.69, 9.17) is 4.74 Å². The first-order valence-electron chi connectivity index (χ1n) is 6.29. The van der Waals surface area contributed by atoms with Gasteiger partial charge in [0.1, 0.15) is 17.7 Å². The van der Waals surface area contributed by atoms with Crippen LogP contribution in [0.3, 0.4) is 0 Å². The fraction of sp³-hybridized carbons (Fsp3) is 0.125. The highest BCUT2D eigenvalue weighted by Crippen LogP contribution is 2.38. The van der Waals surface area contributed by atoms with E-state index in [9.17, 15) is 9.50 Å². The Balaban J connectivity index is 2.08. The molecule has 21 heavy (non-hydrogen) atoms. The predicted octanol–water partition coefficient (Wildman–Crippen LogP) is 4.89. The number of methoxy groups -OCH3 is 1. The third-order valence-corrected chi connectivity index (χ3v) is 5.35. The Morgan fingerprint density at radius 2 is 2.05 bits per heavy atom. The Labute approximate surface area is 133 Å². The quantitative estimate of drug-likeness (QED) is 0.714. The van der Waals surface area contributed by atoms with Crippen LogP contribution < -0.4 is 4.74 Å². The Morgan fingerprint density at radius 1 is 1.24 bits per heavy atom. The lowest BCUT2D eigenvalue weighted by Crippen LogP contribution is -2.02. The van der Waals surface area contributed by atoms with E-state index in [1.54, 1.807) is 12.1 Å². The highest BCUT2D eigenvalue weighted by atomic mass is 79.9. The summed E-state index contributed by atoms with van der Waals surface area (Å²) >= 11 is 5.01. The summed E-state index contributed by atoms with van der Waals surface area (Å²) in [5.74, 6) is -0.0439. The highest BCUT2D eigenvalue weighted by molar-refractivity contribution is 9.10. The third kappa shape index (κ3) is 2.57. The van der Waals surface area contributed by atoms with Gasteiger partial charge in [-0.3, -0.25) is 0 Å². The lowest BCUT2D eigenvalue weighted by Gasteiger charge is -2.12. The fourth-order valence-corrected chi connectivity index (χ4v) is 3.92. The number of ether oxygens (including phenoxy) is 1. The summed E-state index contributed by atoms with van der Waals surface area (Å²) in [5.41, 5.74) is 0.954. The summed E-state index contributed by atoms with van der Waals surface area (Å²) in [6, 6.07) is 10.3. The Kier molecular flexibility index (Phi) is 3.97. The zero-order chi connectivity index (χ0) is 15.0.